The van der Waals surface area contributed by atoms with Gasteiger partial charge < -0.3 is 4.90 Å². The quantitative estimate of drug-likeness (QED) is 0.689. The van der Waals surface area contributed by atoms with Gasteiger partial charge in [-0.05, 0) is 48.7 Å². The third kappa shape index (κ3) is 4.36. The van der Waals surface area contributed by atoms with Crippen molar-refractivity contribution in [1.82, 2.24) is 0 Å². The number of fused-ring (bicyclic) bond motifs is 1. The predicted molar refractivity (Wildman–Crippen MR) is 120 cm³/mol. The summed E-state index contributed by atoms with van der Waals surface area (Å²) >= 11 is 1.81. The molecule has 2 heterocycles. The molecule has 0 radical (unpaired) electrons. The number of sulfonamides is 1. The number of nitrogens with zero attached hydrogens (tertiary/aromatic N) is 2. The largest absolute Gasteiger partial charge is 0.308 e. The third-order valence-corrected chi connectivity index (χ3v) is 8.31. The number of rotatable bonds is 3. The zero-order valence-corrected chi connectivity index (χ0v) is 18.0. The summed E-state index contributed by atoms with van der Waals surface area (Å²) in [5.74, 6) is 0.163. The molecule has 7 heteroatoms. The van der Waals surface area contributed by atoms with Crippen molar-refractivity contribution in [3.05, 3.63) is 60.2 Å². The lowest BCUT2D eigenvalue weighted by Crippen LogP contribution is -2.30. The molecule has 1 fully saturated rings. The van der Waals surface area contributed by atoms with Crippen LogP contribution in [0.5, 0.6) is 0 Å². The first kappa shape index (κ1) is 20.0. The Morgan fingerprint density at radius 3 is 2.59 bits per heavy atom. The molecule has 0 aromatic heterocycles. The number of carbonyl (C=O) groups is 1. The summed E-state index contributed by atoms with van der Waals surface area (Å²) < 4.78 is 25.6. The molecule has 2 aliphatic heterocycles. The molecule has 2 aliphatic rings. The maximum Gasteiger partial charge on any atom is 0.251 e. The van der Waals surface area contributed by atoms with Gasteiger partial charge >= 0.3 is 0 Å². The van der Waals surface area contributed by atoms with E-state index < -0.39 is 10.0 Å². The van der Waals surface area contributed by atoms with E-state index in [0.717, 1.165) is 22.6 Å². The minimum atomic E-state index is -3.18. The number of para-hydroxylation sites is 1. The summed E-state index contributed by atoms with van der Waals surface area (Å²) in [7, 11) is -3.18. The Kier molecular flexibility index (Phi) is 5.69. The standard InChI is InChI=1S/C22H24N2O3S2/c1-17-13-15-23(20-5-2-3-6-21(20)28-17)22(25)12-9-18-7-10-19(11-8-18)24-14-4-16-29(24,26)27/h2-3,5-12,17H,4,13-16H2,1H3/b12-9+/t17-/m0/s1. The van der Waals surface area contributed by atoms with E-state index in [1.807, 2.05) is 47.0 Å². The molecular formula is C22H24N2O3S2. The number of hydrogen-bond acceptors (Lipinski definition) is 4. The number of benzene rings is 2. The molecule has 4 rings (SSSR count). The zero-order chi connectivity index (χ0) is 20.4. The average molecular weight is 429 g/mol. The molecule has 1 saturated heterocycles. The lowest BCUT2D eigenvalue weighted by molar-refractivity contribution is -0.114. The van der Waals surface area contributed by atoms with Gasteiger partial charge in [-0.1, -0.05) is 31.2 Å². The van der Waals surface area contributed by atoms with Crippen LogP contribution < -0.4 is 9.21 Å². The van der Waals surface area contributed by atoms with Gasteiger partial charge in [0.25, 0.3) is 5.91 Å². The third-order valence-electron chi connectivity index (χ3n) is 5.21. The van der Waals surface area contributed by atoms with E-state index in [9.17, 15) is 13.2 Å². The molecule has 0 bridgehead atoms. The Morgan fingerprint density at radius 1 is 1.10 bits per heavy atom. The number of carbonyl (C=O) groups excluding carboxylic acids is 1. The van der Waals surface area contributed by atoms with E-state index in [-0.39, 0.29) is 11.7 Å². The van der Waals surface area contributed by atoms with Crippen molar-refractivity contribution in [2.45, 2.75) is 29.9 Å². The van der Waals surface area contributed by atoms with Crippen molar-refractivity contribution < 1.29 is 13.2 Å². The summed E-state index contributed by atoms with van der Waals surface area (Å²) in [5, 5.41) is 0.465. The van der Waals surface area contributed by atoms with Crippen molar-refractivity contribution in [1.29, 1.82) is 0 Å². The zero-order valence-electron chi connectivity index (χ0n) is 16.3. The maximum absolute atomic E-state index is 12.9. The smallest absolute Gasteiger partial charge is 0.251 e. The van der Waals surface area contributed by atoms with E-state index in [1.165, 1.54) is 4.31 Å². The first-order chi connectivity index (χ1) is 13.9. The van der Waals surface area contributed by atoms with Crippen LogP contribution in [0.4, 0.5) is 11.4 Å². The second kappa shape index (κ2) is 8.24. The van der Waals surface area contributed by atoms with Crippen LogP contribution >= 0.6 is 11.8 Å². The molecule has 0 spiro atoms. The van der Waals surface area contributed by atoms with Crippen LogP contribution in [0.3, 0.4) is 0 Å². The topological polar surface area (TPSA) is 57.7 Å². The molecule has 2 aromatic rings. The first-order valence-corrected chi connectivity index (χ1v) is 12.3. The highest BCUT2D eigenvalue weighted by molar-refractivity contribution is 8.00. The first-order valence-electron chi connectivity index (χ1n) is 9.80. The van der Waals surface area contributed by atoms with Gasteiger partial charge in [-0.15, -0.1) is 11.8 Å². The Bertz CT molecular complexity index is 1030. The van der Waals surface area contributed by atoms with E-state index in [2.05, 4.69) is 13.0 Å². The van der Waals surface area contributed by atoms with Gasteiger partial charge in [-0.3, -0.25) is 9.10 Å². The van der Waals surface area contributed by atoms with Gasteiger partial charge in [0.2, 0.25) is 10.0 Å². The van der Waals surface area contributed by atoms with Gasteiger partial charge in [0.1, 0.15) is 0 Å². The molecular weight excluding hydrogens is 404 g/mol. The Labute approximate surface area is 176 Å². The number of anilines is 2. The van der Waals surface area contributed by atoms with E-state index in [0.29, 0.717) is 30.4 Å². The van der Waals surface area contributed by atoms with Gasteiger partial charge in [0.15, 0.2) is 0 Å². The summed E-state index contributed by atoms with van der Waals surface area (Å²) in [6.45, 7) is 3.41. The van der Waals surface area contributed by atoms with Gasteiger partial charge in [-0.2, -0.15) is 0 Å². The summed E-state index contributed by atoms with van der Waals surface area (Å²) in [6.07, 6.45) is 4.98. The minimum absolute atomic E-state index is 0.0432. The fraction of sp³-hybridized carbons (Fsp3) is 0.318. The SMILES string of the molecule is C[C@H]1CCN(C(=O)/C=C/c2ccc(N3CCCS3(=O)=O)cc2)c2ccccc2S1. The highest BCUT2D eigenvalue weighted by Gasteiger charge is 2.28. The molecule has 152 valence electrons. The second-order valence-corrected chi connectivity index (χ2v) is 10.8. The van der Waals surface area contributed by atoms with Crippen molar-refractivity contribution in [3.63, 3.8) is 0 Å². The van der Waals surface area contributed by atoms with E-state index in [1.54, 1.807) is 24.3 Å². The number of amides is 1. The average Bonchev–Trinajstić information content (AvgIpc) is 2.97. The fourth-order valence-corrected chi connectivity index (χ4v) is 6.33. The lowest BCUT2D eigenvalue weighted by Gasteiger charge is -2.21. The van der Waals surface area contributed by atoms with Crippen LogP contribution in [-0.4, -0.2) is 38.4 Å². The van der Waals surface area contributed by atoms with E-state index in [4.69, 9.17) is 0 Å². The highest BCUT2D eigenvalue weighted by Crippen LogP contribution is 2.37. The minimum Gasteiger partial charge on any atom is -0.308 e. The monoisotopic (exact) mass is 428 g/mol. The Hall–Kier alpha value is -2.25. The van der Waals surface area contributed by atoms with Crippen LogP contribution in [0, 0.1) is 0 Å². The van der Waals surface area contributed by atoms with Crippen molar-refractivity contribution in [2.75, 3.05) is 28.0 Å². The molecule has 0 saturated carbocycles. The van der Waals surface area contributed by atoms with Crippen molar-refractivity contribution >= 4 is 45.1 Å². The Morgan fingerprint density at radius 2 is 1.86 bits per heavy atom. The molecule has 2 aromatic carbocycles. The van der Waals surface area contributed by atoms with Gasteiger partial charge in [0.05, 0.1) is 17.1 Å². The van der Waals surface area contributed by atoms with Crippen LogP contribution in [0.15, 0.2) is 59.5 Å². The predicted octanol–water partition coefficient (Wildman–Crippen LogP) is 4.16. The molecule has 1 atom stereocenters. The molecule has 29 heavy (non-hydrogen) atoms. The molecule has 5 nitrogen and oxygen atoms in total. The lowest BCUT2D eigenvalue weighted by atomic mass is 10.2. The number of hydrogen-bond donors (Lipinski definition) is 0. The summed E-state index contributed by atoms with van der Waals surface area (Å²) in [4.78, 5) is 15.9. The van der Waals surface area contributed by atoms with Crippen LogP contribution in [0.2, 0.25) is 0 Å². The van der Waals surface area contributed by atoms with Crippen LogP contribution in [-0.2, 0) is 14.8 Å². The van der Waals surface area contributed by atoms with Crippen LogP contribution in [0.25, 0.3) is 6.08 Å². The van der Waals surface area contributed by atoms with Crippen molar-refractivity contribution in [2.24, 2.45) is 0 Å². The molecule has 0 N–H and O–H groups in total. The second-order valence-electron chi connectivity index (χ2n) is 7.34. The normalized spacial score (nSPS) is 21.2. The van der Waals surface area contributed by atoms with E-state index >= 15 is 0 Å². The summed E-state index contributed by atoms with van der Waals surface area (Å²) in [6, 6.07) is 15.3. The number of thioether (sulfide) groups is 1. The van der Waals surface area contributed by atoms with Gasteiger partial charge in [-0.25, -0.2) is 8.42 Å². The molecule has 0 aliphatic carbocycles. The molecule has 0 unspecified atom stereocenters. The summed E-state index contributed by atoms with van der Waals surface area (Å²) in [5.41, 5.74) is 2.51. The Balaban J connectivity index is 1.50. The van der Waals surface area contributed by atoms with Gasteiger partial charge in [0, 0.05) is 29.3 Å². The van der Waals surface area contributed by atoms with Crippen molar-refractivity contribution in [3.8, 4) is 0 Å². The maximum atomic E-state index is 12.9. The molecule has 1 amide bonds. The van der Waals surface area contributed by atoms with Crippen LogP contribution in [0.1, 0.15) is 25.3 Å². The fourth-order valence-electron chi connectivity index (χ4n) is 3.65. The highest BCUT2D eigenvalue weighted by atomic mass is 32.2.